The van der Waals surface area contributed by atoms with Crippen LogP contribution >= 0.6 is 0 Å². The second-order valence-electron chi connectivity index (χ2n) is 5.67. The summed E-state index contributed by atoms with van der Waals surface area (Å²) in [6, 6.07) is 2.34. The quantitative estimate of drug-likeness (QED) is 0.669. The molecule has 1 fully saturated rings. The molecule has 2 heteroatoms. The molecule has 0 aromatic heterocycles. The molecule has 1 saturated carbocycles. The summed E-state index contributed by atoms with van der Waals surface area (Å²) in [4.78, 5) is 0. The van der Waals surface area contributed by atoms with Gasteiger partial charge < -0.3 is 4.74 Å². The van der Waals surface area contributed by atoms with Crippen LogP contribution in [-0.2, 0) is 4.74 Å². The Morgan fingerprint density at radius 2 is 2.06 bits per heavy atom. The molecule has 88 valence electrons. The zero-order valence-corrected chi connectivity index (χ0v) is 10.5. The maximum atomic E-state index is 9.07. The van der Waals surface area contributed by atoms with Crippen molar-refractivity contribution in [2.45, 2.75) is 46.1 Å². The summed E-state index contributed by atoms with van der Waals surface area (Å²) in [7, 11) is 0. The SMILES string of the molecule is C#CCOC1CC(C(C)(C)C)CCC1C#N. The van der Waals surface area contributed by atoms with Gasteiger partial charge in [-0.15, -0.1) is 6.42 Å². The maximum absolute atomic E-state index is 9.07. The van der Waals surface area contributed by atoms with E-state index < -0.39 is 0 Å². The molecule has 3 atom stereocenters. The normalized spacial score (nSPS) is 30.4. The van der Waals surface area contributed by atoms with E-state index in [1.807, 2.05) is 0 Å². The molecule has 0 heterocycles. The molecule has 0 saturated heterocycles. The van der Waals surface area contributed by atoms with Gasteiger partial charge in [-0.2, -0.15) is 5.26 Å². The molecular formula is C14H21NO. The second-order valence-corrected chi connectivity index (χ2v) is 5.67. The molecule has 0 aliphatic heterocycles. The number of terminal acetylenes is 1. The van der Waals surface area contributed by atoms with E-state index >= 15 is 0 Å². The van der Waals surface area contributed by atoms with E-state index in [-0.39, 0.29) is 17.4 Å². The van der Waals surface area contributed by atoms with Gasteiger partial charge >= 0.3 is 0 Å². The van der Waals surface area contributed by atoms with Crippen molar-refractivity contribution in [3.8, 4) is 18.4 Å². The molecule has 16 heavy (non-hydrogen) atoms. The lowest BCUT2D eigenvalue weighted by Crippen LogP contribution is -2.36. The van der Waals surface area contributed by atoms with Crippen LogP contribution in [0.15, 0.2) is 0 Å². The summed E-state index contributed by atoms with van der Waals surface area (Å²) in [5.41, 5.74) is 0.290. The van der Waals surface area contributed by atoms with Crippen molar-refractivity contribution in [3.63, 3.8) is 0 Å². The van der Waals surface area contributed by atoms with Crippen LogP contribution in [-0.4, -0.2) is 12.7 Å². The van der Waals surface area contributed by atoms with E-state index in [1.54, 1.807) is 0 Å². The molecule has 0 aromatic carbocycles. The van der Waals surface area contributed by atoms with E-state index in [0.717, 1.165) is 19.3 Å². The topological polar surface area (TPSA) is 33.0 Å². The van der Waals surface area contributed by atoms with Crippen LogP contribution in [0.4, 0.5) is 0 Å². The summed E-state index contributed by atoms with van der Waals surface area (Å²) in [6.45, 7) is 7.08. The first kappa shape index (κ1) is 13.1. The van der Waals surface area contributed by atoms with Gasteiger partial charge in [0.15, 0.2) is 0 Å². The first-order chi connectivity index (χ1) is 7.49. The Kier molecular flexibility index (Phi) is 4.39. The lowest BCUT2D eigenvalue weighted by Gasteiger charge is -2.39. The van der Waals surface area contributed by atoms with E-state index in [4.69, 9.17) is 16.4 Å². The highest BCUT2D eigenvalue weighted by Crippen LogP contribution is 2.40. The number of hydrogen-bond donors (Lipinski definition) is 0. The smallest absolute Gasteiger partial charge is 0.107 e. The minimum Gasteiger partial charge on any atom is -0.364 e. The van der Waals surface area contributed by atoms with Gasteiger partial charge in [0, 0.05) is 0 Å². The molecule has 0 aromatic rings. The van der Waals surface area contributed by atoms with Gasteiger partial charge in [-0.1, -0.05) is 26.7 Å². The minimum absolute atomic E-state index is 0.0203. The fourth-order valence-electron chi connectivity index (χ4n) is 2.40. The second kappa shape index (κ2) is 5.37. The van der Waals surface area contributed by atoms with Crippen molar-refractivity contribution in [1.29, 1.82) is 5.26 Å². The third kappa shape index (κ3) is 3.26. The molecule has 3 unspecified atom stereocenters. The van der Waals surface area contributed by atoms with Crippen LogP contribution in [0.2, 0.25) is 0 Å². The van der Waals surface area contributed by atoms with Gasteiger partial charge in [0.25, 0.3) is 0 Å². The Morgan fingerprint density at radius 1 is 1.38 bits per heavy atom. The third-order valence-corrected chi connectivity index (χ3v) is 3.56. The van der Waals surface area contributed by atoms with Crippen molar-refractivity contribution in [2.75, 3.05) is 6.61 Å². The van der Waals surface area contributed by atoms with E-state index in [1.165, 1.54) is 0 Å². The highest BCUT2D eigenvalue weighted by atomic mass is 16.5. The van der Waals surface area contributed by atoms with Crippen molar-refractivity contribution in [3.05, 3.63) is 0 Å². The van der Waals surface area contributed by atoms with E-state index in [0.29, 0.717) is 12.5 Å². The Labute approximate surface area is 99.0 Å². The van der Waals surface area contributed by atoms with Crippen LogP contribution in [0.3, 0.4) is 0 Å². The average Bonchev–Trinajstić information content (AvgIpc) is 2.24. The fourth-order valence-corrected chi connectivity index (χ4v) is 2.40. The zero-order chi connectivity index (χ0) is 12.2. The first-order valence-corrected chi connectivity index (χ1v) is 5.93. The van der Waals surface area contributed by atoms with E-state index in [2.05, 4.69) is 32.8 Å². The minimum atomic E-state index is 0.0203. The molecule has 1 aliphatic rings. The Balaban J connectivity index is 2.63. The summed E-state index contributed by atoms with van der Waals surface area (Å²) in [5.74, 6) is 3.13. The van der Waals surface area contributed by atoms with Crippen molar-refractivity contribution < 1.29 is 4.74 Å². The van der Waals surface area contributed by atoms with Crippen molar-refractivity contribution >= 4 is 0 Å². The van der Waals surface area contributed by atoms with Crippen LogP contribution < -0.4 is 0 Å². The van der Waals surface area contributed by atoms with Gasteiger partial charge in [0.2, 0.25) is 0 Å². The lowest BCUT2D eigenvalue weighted by atomic mass is 9.69. The van der Waals surface area contributed by atoms with Crippen LogP contribution in [0.25, 0.3) is 0 Å². The Morgan fingerprint density at radius 3 is 2.56 bits per heavy atom. The third-order valence-electron chi connectivity index (χ3n) is 3.56. The average molecular weight is 219 g/mol. The Hall–Kier alpha value is -0.990. The molecule has 1 aliphatic carbocycles. The van der Waals surface area contributed by atoms with Gasteiger partial charge in [-0.3, -0.25) is 0 Å². The molecule has 0 N–H and O–H groups in total. The van der Waals surface area contributed by atoms with Gasteiger partial charge in [0.1, 0.15) is 6.61 Å². The predicted octanol–water partition coefficient (Wildman–Crippen LogP) is 2.99. The molecule has 0 spiro atoms. The predicted molar refractivity (Wildman–Crippen MR) is 64.5 cm³/mol. The maximum Gasteiger partial charge on any atom is 0.107 e. The molecule has 2 nitrogen and oxygen atoms in total. The van der Waals surface area contributed by atoms with Gasteiger partial charge in [-0.05, 0) is 30.6 Å². The molecular weight excluding hydrogens is 198 g/mol. The van der Waals surface area contributed by atoms with E-state index in [9.17, 15) is 0 Å². The molecule has 0 radical (unpaired) electrons. The number of hydrogen-bond acceptors (Lipinski definition) is 2. The lowest BCUT2D eigenvalue weighted by molar-refractivity contribution is -0.0140. The molecule has 0 bridgehead atoms. The monoisotopic (exact) mass is 219 g/mol. The summed E-state index contributed by atoms with van der Waals surface area (Å²) < 4.78 is 5.60. The summed E-state index contributed by atoms with van der Waals surface area (Å²) in [6.07, 6.45) is 8.24. The number of ether oxygens (including phenoxy) is 1. The highest BCUT2D eigenvalue weighted by Gasteiger charge is 2.36. The molecule has 1 rings (SSSR count). The summed E-state index contributed by atoms with van der Waals surface area (Å²) >= 11 is 0. The Bertz CT molecular complexity index is 302. The number of nitrogens with zero attached hydrogens (tertiary/aromatic N) is 1. The summed E-state index contributed by atoms with van der Waals surface area (Å²) in [5, 5.41) is 9.07. The largest absolute Gasteiger partial charge is 0.364 e. The zero-order valence-electron chi connectivity index (χ0n) is 10.5. The van der Waals surface area contributed by atoms with Crippen LogP contribution in [0.1, 0.15) is 40.0 Å². The van der Waals surface area contributed by atoms with Crippen LogP contribution in [0.5, 0.6) is 0 Å². The van der Waals surface area contributed by atoms with Gasteiger partial charge in [0.05, 0.1) is 18.1 Å². The fraction of sp³-hybridized carbons (Fsp3) is 0.786. The van der Waals surface area contributed by atoms with Crippen LogP contribution in [0, 0.1) is 40.9 Å². The molecule has 0 amide bonds. The first-order valence-electron chi connectivity index (χ1n) is 5.93. The standard InChI is InChI=1S/C14H21NO/c1-5-8-16-13-9-12(14(2,3)4)7-6-11(13)10-15/h1,11-13H,6-9H2,2-4H3. The number of rotatable bonds is 2. The van der Waals surface area contributed by atoms with Crippen molar-refractivity contribution in [2.24, 2.45) is 17.3 Å². The highest BCUT2D eigenvalue weighted by molar-refractivity contribution is 4.97. The number of nitriles is 1. The van der Waals surface area contributed by atoms with Gasteiger partial charge in [-0.25, -0.2) is 0 Å². The van der Waals surface area contributed by atoms with Crippen molar-refractivity contribution in [1.82, 2.24) is 0 Å².